The Balaban J connectivity index is 1.74. The minimum Gasteiger partial charge on any atom is -0.456 e. The van der Waals surface area contributed by atoms with Crippen LogP contribution in [0.2, 0.25) is 0 Å². The van der Waals surface area contributed by atoms with E-state index in [9.17, 15) is 13.2 Å². The number of rotatable bonds is 5. The molecule has 144 valence electrons. The minimum absolute atomic E-state index is 0.0703. The lowest BCUT2D eigenvalue weighted by Crippen LogP contribution is -2.30. The van der Waals surface area contributed by atoms with Crippen LogP contribution in [-0.2, 0) is 16.4 Å². The van der Waals surface area contributed by atoms with Crippen LogP contribution in [-0.4, -0.2) is 26.7 Å². The van der Waals surface area contributed by atoms with Crippen molar-refractivity contribution in [1.82, 2.24) is 4.72 Å². The predicted octanol–water partition coefficient (Wildman–Crippen LogP) is 3.35. The molecule has 2 N–H and O–H groups in total. The van der Waals surface area contributed by atoms with Gasteiger partial charge in [-0.05, 0) is 43.2 Å². The second-order valence-corrected chi connectivity index (χ2v) is 8.03. The summed E-state index contributed by atoms with van der Waals surface area (Å²) < 4.78 is 33.3. The Kier molecular flexibility index (Phi) is 5.95. The molecule has 0 saturated heterocycles. The summed E-state index contributed by atoms with van der Waals surface area (Å²) in [7, 11) is -3.75. The maximum Gasteiger partial charge on any atom is 0.291 e. The average Bonchev–Trinajstić information content (AvgIpc) is 3.00. The molecule has 8 heteroatoms. The maximum atomic E-state index is 12.6. The third kappa shape index (κ3) is 4.97. The second kappa shape index (κ2) is 8.39. The first kappa shape index (κ1) is 19.2. The number of anilines is 1. The summed E-state index contributed by atoms with van der Waals surface area (Å²) in [6.07, 6.45) is 4.24. The quantitative estimate of drug-likeness (QED) is 0.819. The Hall–Kier alpha value is -2.61. The van der Waals surface area contributed by atoms with Gasteiger partial charge in [0, 0.05) is 25.1 Å². The third-order valence-electron chi connectivity index (χ3n) is 4.26. The molecular weight excluding hydrogens is 366 g/mol. The molecule has 0 unspecified atom stereocenters. The molecule has 1 aromatic carbocycles. The van der Waals surface area contributed by atoms with Gasteiger partial charge in [0.05, 0.1) is 4.90 Å². The first-order chi connectivity index (χ1) is 13.0. The Morgan fingerprint density at radius 1 is 1.19 bits per heavy atom. The molecule has 1 amide bonds. The number of aliphatic imine (C=N–C) groups is 1. The number of sulfonamides is 1. The highest BCUT2D eigenvalue weighted by atomic mass is 32.2. The SMILES string of the molecule is CCc1ccc(C(=O)Nc2cccc(S(=O)(=O)NC3=NCCCCC3)c2)o1. The van der Waals surface area contributed by atoms with Crippen LogP contribution in [0.25, 0.3) is 0 Å². The fourth-order valence-corrected chi connectivity index (χ4v) is 3.93. The number of amides is 1. The molecular formula is C19H23N3O4S. The number of amidine groups is 1. The van der Waals surface area contributed by atoms with Gasteiger partial charge in [-0.25, -0.2) is 8.42 Å². The van der Waals surface area contributed by atoms with Gasteiger partial charge in [-0.1, -0.05) is 19.4 Å². The van der Waals surface area contributed by atoms with Crippen molar-refractivity contribution >= 4 is 27.5 Å². The monoisotopic (exact) mass is 389 g/mol. The van der Waals surface area contributed by atoms with E-state index in [0.717, 1.165) is 19.3 Å². The van der Waals surface area contributed by atoms with E-state index in [-0.39, 0.29) is 10.7 Å². The molecule has 0 radical (unpaired) electrons. The van der Waals surface area contributed by atoms with Crippen molar-refractivity contribution in [3.05, 3.63) is 47.9 Å². The topological polar surface area (TPSA) is 101 Å². The summed E-state index contributed by atoms with van der Waals surface area (Å²) in [6, 6.07) is 9.45. The van der Waals surface area contributed by atoms with Gasteiger partial charge < -0.3 is 9.73 Å². The van der Waals surface area contributed by atoms with Crippen molar-refractivity contribution in [3.63, 3.8) is 0 Å². The van der Waals surface area contributed by atoms with Gasteiger partial charge in [0.25, 0.3) is 15.9 Å². The van der Waals surface area contributed by atoms with E-state index >= 15 is 0 Å². The molecule has 0 aliphatic carbocycles. The first-order valence-electron chi connectivity index (χ1n) is 9.04. The molecule has 2 heterocycles. The normalized spacial score (nSPS) is 14.9. The number of carbonyl (C=O) groups excluding carboxylic acids is 1. The molecule has 1 aromatic heterocycles. The number of hydrogen-bond donors (Lipinski definition) is 2. The van der Waals surface area contributed by atoms with E-state index < -0.39 is 15.9 Å². The van der Waals surface area contributed by atoms with Crippen LogP contribution in [0, 0.1) is 0 Å². The van der Waals surface area contributed by atoms with Crippen LogP contribution < -0.4 is 10.0 Å². The van der Waals surface area contributed by atoms with E-state index in [2.05, 4.69) is 15.0 Å². The largest absolute Gasteiger partial charge is 0.456 e. The van der Waals surface area contributed by atoms with Gasteiger partial charge in [-0.3, -0.25) is 14.5 Å². The van der Waals surface area contributed by atoms with Crippen molar-refractivity contribution in [3.8, 4) is 0 Å². The van der Waals surface area contributed by atoms with Gasteiger partial charge in [0.1, 0.15) is 11.6 Å². The minimum atomic E-state index is -3.75. The van der Waals surface area contributed by atoms with Gasteiger partial charge >= 0.3 is 0 Å². The summed E-state index contributed by atoms with van der Waals surface area (Å²) in [5.74, 6) is 0.964. The summed E-state index contributed by atoms with van der Waals surface area (Å²) in [4.78, 5) is 16.6. The van der Waals surface area contributed by atoms with E-state index in [4.69, 9.17) is 4.42 Å². The lowest BCUT2D eigenvalue weighted by molar-refractivity contribution is 0.0995. The Morgan fingerprint density at radius 2 is 2.04 bits per heavy atom. The van der Waals surface area contributed by atoms with Crippen LogP contribution in [0.3, 0.4) is 0 Å². The Bertz CT molecular complexity index is 947. The highest BCUT2D eigenvalue weighted by molar-refractivity contribution is 7.90. The predicted molar refractivity (Wildman–Crippen MR) is 104 cm³/mol. The highest BCUT2D eigenvalue weighted by Crippen LogP contribution is 2.18. The number of hydrogen-bond acceptors (Lipinski definition) is 5. The van der Waals surface area contributed by atoms with E-state index in [0.29, 0.717) is 36.7 Å². The molecule has 2 aromatic rings. The molecule has 0 atom stereocenters. The maximum absolute atomic E-state index is 12.6. The van der Waals surface area contributed by atoms with E-state index in [1.807, 2.05) is 6.92 Å². The zero-order valence-corrected chi connectivity index (χ0v) is 16.0. The van der Waals surface area contributed by atoms with Crippen molar-refractivity contribution < 1.29 is 17.6 Å². The molecule has 0 saturated carbocycles. The van der Waals surface area contributed by atoms with Crippen molar-refractivity contribution in [2.75, 3.05) is 11.9 Å². The molecule has 1 aliphatic rings. The molecule has 0 bridgehead atoms. The summed E-state index contributed by atoms with van der Waals surface area (Å²) >= 11 is 0. The summed E-state index contributed by atoms with van der Waals surface area (Å²) in [5.41, 5.74) is 0.375. The van der Waals surface area contributed by atoms with E-state index in [1.54, 1.807) is 24.3 Å². The number of nitrogens with zero attached hydrogens (tertiary/aromatic N) is 1. The summed E-state index contributed by atoms with van der Waals surface area (Å²) in [5, 5.41) is 2.67. The zero-order valence-electron chi connectivity index (χ0n) is 15.2. The van der Waals surface area contributed by atoms with Crippen LogP contribution in [0.5, 0.6) is 0 Å². The Morgan fingerprint density at radius 3 is 2.81 bits per heavy atom. The van der Waals surface area contributed by atoms with Crippen LogP contribution in [0.15, 0.2) is 50.7 Å². The molecule has 27 heavy (non-hydrogen) atoms. The molecule has 0 spiro atoms. The molecule has 0 fully saturated rings. The first-order valence-corrected chi connectivity index (χ1v) is 10.5. The van der Waals surface area contributed by atoms with Gasteiger partial charge in [-0.15, -0.1) is 0 Å². The van der Waals surface area contributed by atoms with Gasteiger partial charge in [0.2, 0.25) is 0 Å². The van der Waals surface area contributed by atoms with Gasteiger partial charge in [0.15, 0.2) is 5.76 Å². The lowest BCUT2D eigenvalue weighted by Gasteiger charge is -2.11. The smallest absolute Gasteiger partial charge is 0.291 e. The number of benzene rings is 1. The molecule has 3 rings (SSSR count). The second-order valence-electron chi connectivity index (χ2n) is 6.35. The zero-order chi connectivity index (χ0) is 19.3. The average molecular weight is 389 g/mol. The molecule has 7 nitrogen and oxygen atoms in total. The van der Waals surface area contributed by atoms with E-state index in [1.165, 1.54) is 12.1 Å². The van der Waals surface area contributed by atoms with Crippen LogP contribution >= 0.6 is 0 Å². The fraction of sp³-hybridized carbons (Fsp3) is 0.368. The number of furan rings is 1. The van der Waals surface area contributed by atoms with Crippen molar-refractivity contribution in [2.45, 2.75) is 43.9 Å². The van der Waals surface area contributed by atoms with Crippen LogP contribution in [0.4, 0.5) is 5.69 Å². The Labute approximate surface area is 158 Å². The summed E-state index contributed by atoms with van der Waals surface area (Å²) in [6.45, 7) is 2.57. The number of carbonyl (C=O) groups is 1. The highest BCUT2D eigenvalue weighted by Gasteiger charge is 2.18. The standard InChI is InChI=1S/C19H23N3O4S/c1-2-15-10-11-17(26-15)19(23)21-14-7-6-8-16(13-14)27(24,25)22-18-9-4-3-5-12-20-18/h6-8,10-11,13H,2-5,9,12H2,1H3,(H,20,22)(H,21,23). The molecule has 1 aliphatic heterocycles. The van der Waals surface area contributed by atoms with Crippen molar-refractivity contribution in [2.24, 2.45) is 4.99 Å². The van der Waals surface area contributed by atoms with Crippen LogP contribution in [0.1, 0.15) is 48.9 Å². The lowest BCUT2D eigenvalue weighted by atomic mass is 10.2. The fourth-order valence-electron chi connectivity index (χ4n) is 2.80. The van der Waals surface area contributed by atoms with Crippen molar-refractivity contribution in [1.29, 1.82) is 0 Å². The number of nitrogens with one attached hydrogen (secondary N) is 2. The number of aryl methyl sites for hydroxylation is 1. The third-order valence-corrected chi connectivity index (χ3v) is 5.64. The van der Waals surface area contributed by atoms with Gasteiger partial charge in [-0.2, -0.15) is 0 Å².